The molecule has 0 radical (unpaired) electrons. The molecule has 0 fully saturated rings. The number of aliphatic hydroxyl groups excluding tert-OH is 2. The molecular weight excluding hydrogens is 751 g/mol. The molecule has 3 atom stereocenters. The van der Waals surface area contributed by atoms with Gasteiger partial charge in [0.1, 0.15) is 12.2 Å². The third-order valence-electron chi connectivity index (χ3n) is 10.0. The van der Waals surface area contributed by atoms with Gasteiger partial charge in [0.2, 0.25) is 0 Å². The van der Waals surface area contributed by atoms with E-state index in [4.69, 9.17) is 23.6 Å². The van der Waals surface area contributed by atoms with Crippen molar-refractivity contribution in [2.45, 2.75) is 219 Å². The molecule has 0 aliphatic carbocycles. The van der Waals surface area contributed by atoms with Crippen LogP contribution in [0.3, 0.4) is 0 Å². The van der Waals surface area contributed by atoms with Gasteiger partial charge in [0, 0.05) is 13.0 Å². The average molecular weight is 841 g/mol. The third-order valence-corrected chi connectivity index (χ3v) is 11.0. The predicted octanol–water partition coefficient (Wildman–Crippen LogP) is 13.4. The Labute approximate surface area is 356 Å². The van der Waals surface area contributed by atoms with Crippen LogP contribution in [0.25, 0.3) is 0 Å². The van der Waals surface area contributed by atoms with Crippen LogP contribution in [-0.4, -0.2) is 66.3 Å². The average Bonchev–Trinajstić information content (AvgIpc) is 3.21. The van der Waals surface area contributed by atoms with Gasteiger partial charge in [-0.15, -0.1) is 0 Å². The molecule has 0 aromatic heterocycles. The number of aliphatic hydroxyl groups is 2. The molecule has 0 rings (SSSR count). The van der Waals surface area contributed by atoms with Crippen molar-refractivity contribution in [2.24, 2.45) is 0 Å². The van der Waals surface area contributed by atoms with Gasteiger partial charge in [-0.2, -0.15) is 0 Å². The lowest BCUT2D eigenvalue weighted by atomic mass is 10.0. The zero-order valence-electron chi connectivity index (χ0n) is 37.3. The minimum Gasteiger partial charge on any atom is -0.457 e. The molecule has 0 amide bonds. The number of carbonyl (C=O) groups excluding carboxylic acids is 1. The Balaban J connectivity index is 4.06. The largest absolute Gasteiger partial charge is 0.472 e. The molecule has 0 aliphatic rings. The Bertz CT molecular complexity index is 1040. The molecule has 0 saturated heterocycles. The fourth-order valence-electron chi connectivity index (χ4n) is 6.49. The number of ether oxygens (including phenoxy) is 2. The number of unbranched alkanes of at least 4 members (excludes halogenated alkanes) is 23. The molecule has 0 aliphatic heterocycles. The van der Waals surface area contributed by atoms with Crippen molar-refractivity contribution >= 4 is 13.8 Å². The maximum absolute atomic E-state index is 12.6. The molecule has 0 aromatic rings. The first-order valence-corrected chi connectivity index (χ1v) is 25.1. The molecule has 58 heavy (non-hydrogen) atoms. The quantitative estimate of drug-likeness (QED) is 0.0237. The summed E-state index contributed by atoms with van der Waals surface area (Å²) >= 11 is 0. The van der Waals surface area contributed by atoms with Gasteiger partial charge in [-0.25, -0.2) is 4.57 Å². The van der Waals surface area contributed by atoms with Gasteiger partial charge in [-0.05, 0) is 38.5 Å². The Morgan fingerprint density at radius 3 is 1.38 bits per heavy atom. The van der Waals surface area contributed by atoms with E-state index in [2.05, 4.69) is 50.3 Å². The maximum Gasteiger partial charge on any atom is 0.472 e. The van der Waals surface area contributed by atoms with Crippen molar-refractivity contribution < 1.29 is 43.0 Å². The molecule has 340 valence electrons. The predicted molar refractivity (Wildman–Crippen MR) is 242 cm³/mol. The van der Waals surface area contributed by atoms with E-state index < -0.39 is 45.8 Å². The van der Waals surface area contributed by atoms with E-state index in [1.165, 1.54) is 135 Å². The molecule has 10 heteroatoms. The number of hydrogen-bond donors (Lipinski definition) is 3. The summed E-state index contributed by atoms with van der Waals surface area (Å²) in [7, 11) is -4.54. The second kappa shape index (κ2) is 45.0. The number of carbonyl (C=O) groups is 1. The van der Waals surface area contributed by atoms with Crippen molar-refractivity contribution in [2.75, 3.05) is 33.0 Å². The highest BCUT2D eigenvalue weighted by Gasteiger charge is 2.26. The molecule has 9 nitrogen and oxygen atoms in total. The lowest BCUT2D eigenvalue weighted by Gasteiger charge is -2.20. The molecular formula is C48H89O9P. The van der Waals surface area contributed by atoms with Crippen molar-refractivity contribution in [3.63, 3.8) is 0 Å². The summed E-state index contributed by atoms with van der Waals surface area (Å²) in [6, 6.07) is 0. The fourth-order valence-corrected chi connectivity index (χ4v) is 7.28. The van der Waals surface area contributed by atoms with Crippen LogP contribution in [0.5, 0.6) is 0 Å². The lowest BCUT2D eigenvalue weighted by molar-refractivity contribution is -0.154. The number of allylic oxidation sites excluding steroid dienone is 8. The summed E-state index contributed by atoms with van der Waals surface area (Å²) in [4.78, 5) is 22.5. The van der Waals surface area contributed by atoms with Gasteiger partial charge in [-0.3, -0.25) is 13.8 Å². The van der Waals surface area contributed by atoms with E-state index in [-0.39, 0.29) is 13.0 Å². The minimum absolute atomic E-state index is 0.0222. The van der Waals surface area contributed by atoms with Gasteiger partial charge in [-0.1, -0.05) is 210 Å². The van der Waals surface area contributed by atoms with Crippen LogP contribution in [-0.2, 0) is 27.9 Å². The molecule has 0 saturated carbocycles. The van der Waals surface area contributed by atoms with Crippen LogP contribution in [0.2, 0.25) is 0 Å². The van der Waals surface area contributed by atoms with E-state index in [9.17, 15) is 19.4 Å². The molecule has 0 aromatic carbocycles. The van der Waals surface area contributed by atoms with Gasteiger partial charge in [0.25, 0.3) is 0 Å². The second-order valence-corrected chi connectivity index (χ2v) is 17.2. The summed E-state index contributed by atoms with van der Waals surface area (Å²) in [6.07, 6.45) is 51.1. The Hall–Kier alpha value is -1.58. The highest BCUT2D eigenvalue weighted by Crippen LogP contribution is 2.43. The van der Waals surface area contributed by atoms with Gasteiger partial charge >= 0.3 is 13.8 Å². The maximum atomic E-state index is 12.6. The van der Waals surface area contributed by atoms with Crippen LogP contribution < -0.4 is 0 Å². The molecule has 3 unspecified atom stereocenters. The summed E-state index contributed by atoms with van der Waals surface area (Å²) in [5.41, 5.74) is 0. The van der Waals surface area contributed by atoms with E-state index >= 15 is 0 Å². The normalized spacial score (nSPS) is 14.4. The van der Waals surface area contributed by atoms with Gasteiger partial charge in [0.15, 0.2) is 0 Å². The van der Waals surface area contributed by atoms with E-state index in [1.54, 1.807) is 0 Å². The van der Waals surface area contributed by atoms with E-state index in [0.29, 0.717) is 13.0 Å². The zero-order chi connectivity index (χ0) is 42.5. The number of rotatable bonds is 45. The van der Waals surface area contributed by atoms with Crippen LogP contribution in [0.1, 0.15) is 206 Å². The molecule has 0 heterocycles. The Morgan fingerprint density at radius 1 is 0.552 bits per heavy atom. The van der Waals surface area contributed by atoms with Crippen molar-refractivity contribution in [3.05, 3.63) is 48.6 Å². The SMILES string of the molecule is CC/C=C\C/C=C\C/C=C\C/C=C\CCC(=O)OC(COCCCCCCCCCCCCCCCCCCCCCCCCCC)COP(=O)(O)OCC(O)CO. The van der Waals surface area contributed by atoms with Gasteiger partial charge < -0.3 is 24.6 Å². The number of esters is 1. The molecule has 0 spiro atoms. The summed E-state index contributed by atoms with van der Waals surface area (Å²) < 4.78 is 33.3. The standard InChI is InChI=1S/C48H89O9P/c1-3-5-7-9-11-13-15-17-18-19-20-21-22-23-24-25-26-27-29-31-33-35-37-39-41-54-44-47(45-56-58(52,53)55-43-46(50)42-49)57-48(51)40-38-36-34-32-30-28-16-14-12-10-8-6-4-2/h6,8,12,14,28,30,34,36,46-47,49-50H,3-5,7,9-11,13,15-27,29,31-33,35,37-45H2,1-2H3,(H,52,53)/b8-6-,14-12-,30-28-,36-34-. The smallest absolute Gasteiger partial charge is 0.457 e. The highest BCUT2D eigenvalue weighted by atomic mass is 31.2. The number of phosphoric ester groups is 1. The highest BCUT2D eigenvalue weighted by molar-refractivity contribution is 7.47. The van der Waals surface area contributed by atoms with Gasteiger partial charge in [0.05, 0.1) is 26.4 Å². The number of phosphoric acid groups is 1. The second-order valence-electron chi connectivity index (χ2n) is 15.8. The molecule has 0 bridgehead atoms. The lowest BCUT2D eigenvalue weighted by Crippen LogP contribution is -2.29. The topological polar surface area (TPSA) is 132 Å². The summed E-state index contributed by atoms with van der Waals surface area (Å²) in [5.74, 6) is -0.459. The van der Waals surface area contributed by atoms with E-state index in [1.807, 2.05) is 12.2 Å². The van der Waals surface area contributed by atoms with Crippen LogP contribution in [0.15, 0.2) is 48.6 Å². The van der Waals surface area contributed by atoms with Crippen LogP contribution >= 0.6 is 7.82 Å². The fraction of sp³-hybridized carbons (Fsp3) is 0.812. The Kier molecular flexibility index (Phi) is 43.7. The number of hydrogen-bond acceptors (Lipinski definition) is 8. The van der Waals surface area contributed by atoms with Crippen molar-refractivity contribution in [1.82, 2.24) is 0 Å². The first kappa shape index (κ1) is 56.4. The summed E-state index contributed by atoms with van der Waals surface area (Å²) in [6.45, 7) is 3.33. The first-order chi connectivity index (χ1) is 28.3. The molecule has 3 N–H and O–H groups in total. The third kappa shape index (κ3) is 44.0. The van der Waals surface area contributed by atoms with Crippen molar-refractivity contribution in [1.29, 1.82) is 0 Å². The summed E-state index contributed by atoms with van der Waals surface area (Å²) in [5, 5.41) is 18.4. The zero-order valence-corrected chi connectivity index (χ0v) is 38.2. The first-order valence-electron chi connectivity index (χ1n) is 23.6. The Morgan fingerprint density at radius 2 is 0.948 bits per heavy atom. The van der Waals surface area contributed by atoms with Crippen LogP contribution in [0.4, 0.5) is 0 Å². The van der Waals surface area contributed by atoms with E-state index in [0.717, 1.165) is 44.9 Å². The van der Waals surface area contributed by atoms with Crippen molar-refractivity contribution in [3.8, 4) is 0 Å². The monoisotopic (exact) mass is 841 g/mol. The van der Waals surface area contributed by atoms with Crippen LogP contribution in [0, 0.1) is 0 Å². The minimum atomic E-state index is -4.54.